The summed E-state index contributed by atoms with van der Waals surface area (Å²) in [6.45, 7) is 0.210. The molecule has 2 rings (SSSR count). The minimum Gasteiger partial charge on any atom is -0.487 e. The maximum Gasteiger partial charge on any atom is 0.328 e. The summed E-state index contributed by atoms with van der Waals surface area (Å²) >= 11 is 6.08. The van der Waals surface area contributed by atoms with Gasteiger partial charge in [-0.1, -0.05) is 17.7 Å². The molecule has 2 aromatic rings. The maximum atomic E-state index is 10.6. The van der Waals surface area contributed by atoms with Crippen LogP contribution in [0.15, 0.2) is 48.5 Å². The van der Waals surface area contributed by atoms with Crippen LogP contribution in [0.2, 0.25) is 5.02 Å². The second-order valence-electron chi connectivity index (χ2n) is 4.57. The molecule has 0 saturated heterocycles. The average molecular weight is 334 g/mol. The molecule has 0 fully saturated rings. The Balaban J connectivity index is 2.03. The molecule has 0 bridgehead atoms. The molecular weight excluding hydrogens is 322 g/mol. The van der Waals surface area contributed by atoms with Gasteiger partial charge in [-0.05, 0) is 41.5 Å². The lowest BCUT2D eigenvalue weighted by atomic mass is 10.2. The van der Waals surface area contributed by atoms with Crippen molar-refractivity contribution < 1.29 is 19.6 Å². The van der Waals surface area contributed by atoms with Crippen LogP contribution in [0, 0.1) is 10.1 Å². The van der Waals surface area contributed by atoms with Crippen molar-refractivity contribution in [3.63, 3.8) is 0 Å². The number of nitrogens with zero attached hydrogens (tertiary/aromatic N) is 1. The first-order valence-electron chi connectivity index (χ1n) is 6.52. The fraction of sp³-hybridized carbons (Fsp3) is 0.0625. The number of non-ortho nitro benzene ring substituents is 1. The molecule has 0 radical (unpaired) electrons. The van der Waals surface area contributed by atoms with E-state index in [-0.39, 0.29) is 12.3 Å². The zero-order valence-corrected chi connectivity index (χ0v) is 12.6. The van der Waals surface area contributed by atoms with E-state index in [0.29, 0.717) is 16.3 Å². The van der Waals surface area contributed by atoms with Gasteiger partial charge in [-0.25, -0.2) is 4.79 Å². The Labute approximate surface area is 136 Å². The number of hydrogen-bond acceptors (Lipinski definition) is 4. The molecule has 0 aliphatic rings. The predicted molar refractivity (Wildman–Crippen MR) is 85.6 cm³/mol. The van der Waals surface area contributed by atoms with Gasteiger partial charge in [-0.3, -0.25) is 10.1 Å². The Kier molecular flexibility index (Phi) is 5.32. The zero-order chi connectivity index (χ0) is 16.8. The van der Waals surface area contributed by atoms with Crippen LogP contribution in [0.5, 0.6) is 5.75 Å². The Morgan fingerprint density at radius 3 is 2.52 bits per heavy atom. The molecule has 0 unspecified atom stereocenters. The van der Waals surface area contributed by atoms with Gasteiger partial charge in [0.15, 0.2) is 0 Å². The molecule has 0 spiro atoms. The van der Waals surface area contributed by atoms with Crippen LogP contribution in [0.25, 0.3) is 6.08 Å². The van der Waals surface area contributed by atoms with Crippen molar-refractivity contribution >= 4 is 29.3 Å². The largest absolute Gasteiger partial charge is 0.487 e. The third-order valence-electron chi connectivity index (χ3n) is 2.92. The highest BCUT2D eigenvalue weighted by atomic mass is 35.5. The first-order valence-corrected chi connectivity index (χ1v) is 6.90. The molecule has 1 N–H and O–H groups in total. The number of carboxylic acid groups (broad SMARTS) is 1. The van der Waals surface area contributed by atoms with Crippen LogP contribution in [-0.2, 0) is 11.4 Å². The van der Waals surface area contributed by atoms with E-state index in [0.717, 1.165) is 11.6 Å². The number of aliphatic carboxylic acids is 1. The highest BCUT2D eigenvalue weighted by Crippen LogP contribution is 2.27. The summed E-state index contributed by atoms with van der Waals surface area (Å²) in [5, 5.41) is 19.5. The molecule has 23 heavy (non-hydrogen) atoms. The van der Waals surface area contributed by atoms with Crippen molar-refractivity contribution in [3.05, 3.63) is 74.8 Å². The highest BCUT2D eigenvalue weighted by molar-refractivity contribution is 6.32. The number of halogens is 1. The van der Waals surface area contributed by atoms with E-state index in [2.05, 4.69) is 0 Å². The summed E-state index contributed by atoms with van der Waals surface area (Å²) in [5.74, 6) is -0.600. The number of ether oxygens (including phenoxy) is 1. The molecule has 6 nitrogen and oxygen atoms in total. The SMILES string of the molecule is O=C(O)C=Cc1ccc(OCc2ccc([N+](=O)[O-])cc2)c(Cl)c1. The third-order valence-corrected chi connectivity index (χ3v) is 3.21. The summed E-state index contributed by atoms with van der Waals surface area (Å²) in [6, 6.07) is 10.9. The van der Waals surface area contributed by atoms with Gasteiger partial charge < -0.3 is 9.84 Å². The normalized spacial score (nSPS) is 10.7. The molecule has 0 saturated carbocycles. The lowest BCUT2D eigenvalue weighted by molar-refractivity contribution is -0.384. The fourth-order valence-corrected chi connectivity index (χ4v) is 2.02. The van der Waals surface area contributed by atoms with Gasteiger partial charge >= 0.3 is 5.97 Å². The molecule has 0 aromatic heterocycles. The third kappa shape index (κ3) is 4.82. The summed E-state index contributed by atoms with van der Waals surface area (Å²) < 4.78 is 5.56. The molecule has 0 aliphatic carbocycles. The van der Waals surface area contributed by atoms with Crippen molar-refractivity contribution in [2.75, 3.05) is 0 Å². The average Bonchev–Trinajstić information content (AvgIpc) is 2.52. The Bertz CT molecular complexity index is 756. The van der Waals surface area contributed by atoms with Crippen molar-refractivity contribution in [3.8, 4) is 5.75 Å². The quantitative estimate of drug-likeness (QED) is 0.491. The summed E-state index contributed by atoms with van der Waals surface area (Å²) in [4.78, 5) is 20.6. The van der Waals surface area contributed by atoms with Crippen LogP contribution in [0.4, 0.5) is 5.69 Å². The molecule has 2 aromatic carbocycles. The second kappa shape index (κ2) is 7.42. The lowest BCUT2D eigenvalue weighted by Gasteiger charge is -2.08. The maximum absolute atomic E-state index is 10.6. The first-order chi connectivity index (χ1) is 11.0. The molecule has 0 amide bonds. The van der Waals surface area contributed by atoms with E-state index >= 15 is 0 Å². The van der Waals surface area contributed by atoms with Crippen molar-refractivity contribution in [2.24, 2.45) is 0 Å². The number of carbonyl (C=O) groups is 1. The predicted octanol–water partition coefficient (Wildman–Crippen LogP) is 3.93. The van der Waals surface area contributed by atoms with E-state index < -0.39 is 10.9 Å². The number of carboxylic acids is 1. The fourth-order valence-electron chi connectivity index (χ4n) is 1.78. The number of benzene rings is 2. The second-order valence-corrected chi connectivity index (χ2v) is 4.98. The topological polar surface area (TPSA) is 89.7 Å². The standard InChI is InChI=1S/C16H12ClNO5/c17-14-9-11(4-8-16(19)20)3-7-15(14)23-10-12-1-5-13(6-2-12)18(21)22/h1-9H,10H2,(H,19,20). The molecule has 118 valence electrons. The van der Waals surface area contributed by atoms with Gasteiger partial charge in [0.2, 0.25) is 0 Å². The molecule has 0 heterocycles. The van der Waals surface area contributed by atoms with Crippen molar-refractivity contribution in [2.45, 2.75) is 6.61 Å². The number of rotatable bonds is 6. The van der Waals surface area contributed by atoms with Crippen LogP contribution >= 0.6 is 11.6 Å². The van der Waals surface area contributed by atoms with Crippen LogP contribution in [-0.4, -0.2) is 16.0 Å². The highest BCUT2D eigenvalue weighted by Gasteiger charge is 2.06. The number of nitro groups is 1. The van der Waals surface area contributed by atoms with Crippen molar-refractivity contribution in [1.82, 2.24) is 0 Å². The number of hydrogen-bond donors (Lipinski definition) is 1. The van der Waals surface area contributed by atoms with Crippen LogP contribution in [0.1, 0.15) is 11.1 Å². The van der Waals surface area contributed by atoms with E-state index in [1.807, 2.05) is 0 Å². The van der Waals surface area contributed by atoms with Crippen LogP contribution < -0.4 is 4.74 Å². The van der Waals surface area contributed by atoms with E-state index in [4.69, 9.17) is 21.4 Å². The molecule has 0 atom stereocenters. The van der Waals surface area contributed by atoms with E-state index in [1.165, 1.54) is 18.2 Å². The van der Waals surface area contributed by atoms with Gasteiger partial charge in [-0.15, -0.1) is 0 Å². The summed E-state index contributed by atoms with van der Waals surface area (Å²) in [6.07, 6.45) is 2.44. The lowest BCUT2D eigenvalue weighted by Crippen LogP contribution is -1.97. The van der Waals surface area contributed by atoms with Crippen LogP contribution in [0.3, 0.4) is 0 Å². The minimum atomic E-state index is -1.04. The zero-order valence-electron chi connectivity index (χ0n) is 11.8. The Hall–Kier alpha value is -2.86. The van der Waals surface area contributed by atoms with Gasteiger partial charge in [-0.2, -0.15) is 0 Å². The van der Waals surface area contributed by atoms with Gasteiger partial charge in [0.25, 0.3) is 5.69 Å². The molecule has 7 heteroatoms. The molecule has 0 aliphatic heterocycles. The summed E-state index contributed by atoms with van der Waals surface area (Å²) in [7, 11) is 0. The van der Waals surface area contributed by atoms with E-state index in [1.54, 1.807) is 30.3 Å². The van der Waals surface area contributed by atoms with Gasteiger partial charge in [0.05, 0.1) is 9.95 Å². The summed E-state index contributed by atoms with van der Waals surface area (Å²) in [5.41, 5.74) is 1.42. The first kappa shape index (κ1) is 16.5. The van der Waals surface area contributed by atoms with E-state index in [9.17, 15) is 14.9 Å². The minimum absolute atomic E-state index is 0.0151. The Morgan fingerprint density at radius 2 is 1.96 bits per heavy atom. The molecular formula is C16H12ClNO5. The Morgan fingerprint density at radius 1 is 1.26 bits per heavy atom. The number of nitro benzene ring substituents is 1. The van der Waals surface area contributed by atoms with Gasteiger partial charge in [0.1, 0.15) is 12.4 Å². The monoisotopic (exact) mass is 333 g/mol. The van der Waals surface area contributed by atoms with Crippen molar-refractivity contribution in [1.29, 1.82) is 0 Å². The van der Waals surface area contributed by atoms with Gasteiger partial charge in [0, 0.05) is 18.2 Å². The smallest absolute Gasteiger partial charge is 0.328 e.